The zero-order chi connectivity index (χ0) is 9.40. The molecule has 0 fully saturated rings. The van der Waals surface area contributed by atoms with Crippen molar-refractivity contribution in [2.75, 3.05) is 7.11 Å². The van der Waals surface area contributed by atoms with Gasteiger partial charge in [0, 0.05) is 0 Å². The van der Waals surface area contributed by atoms with Gasteiger partial charge in [0.15, 0.2) is 0 Å². The molecule has 0 saturated heterocycles. The molecule has 12 heavy (non-hydrogen) atoms. The Labute approximate surface area is 111 Å². The van der Waals surface area contributed by atoms with Crippen LogP contribution in [0, 0.1) is 0 Å². The lowest BCUT2D eigenvalue weighted by Crippen LogP contribution is -1.78. The quantitative estimate of drug-likeness (QED) is 0.406. The number of benzene rings is 1. The van der Waals surface area contributed by atoms with E-state index in [1.54, 1.807) is 7.11 Å². The zero-order valence-corrected chi connectivity index (χ0v) is 14.1. The van der Waals surface area contributed by atoms with E-state index in [4.69, 9.17) is 4.74 Å². The van der Waals surface area contributed by atoms with Gasteiger partial charge in [0.1, 0.15) is 5.75 Å². The van der Waals surface area contributed by atoms with Gasteiger partial charge in [-0.15, -0.1) is 0 Å². The molecule has 66 valence electrons. The first-order valence-electron chi connectivity index (χ1n) is 3.18. The molecule has 1 nitrogen and oxygen atoms in total. The highest BCUT2D eigenvalue weighted by Gasteiger charge is 1.94. The average Bonchev–Trinajstić information content (AvgIpc) is 2.05. The Morgan fingerprint density at radius 1 is 1.08 bits per heavy atom. The topological polar surface area (TPSA) is 9.23 Å². The number of halogens is 3. The second-order valence-electron chi connectivity index (χ2n) is 1.76. The molecule has 0 bridgehead atoms. The van der Waals surface area contributed by atoms with E-state index in [1.807, 2.05) is 30.3 Å². The fourth-order valence-electron chi connectivity index (χ4n) is 0.557. The summed E-state index contributed by atoms with van der Waals surface area (Å²) < 4.78 is 4.69. The van der Waals surface area contributed by atoms with E-state index < -0.39 is 0 Å². The summed E-state index contributed by atoms with van der Waals surface area (Å²) in [6.45, 7) is 0. The molecular formula is C7H8AlI3O. The fourth-order valence-corrected chi connectivity index (χ4v) is 0.557. The van der Waals surface area contributed by atoms with Crippen LogP contribution in [0.2, 0.25) is 0 Å². The minimum Gasteiger partial charge on any atom is -0.497 e. The van der Waals surface area contributed by atoms with Crippen LogP contribution >= 0.6 is 60.8 Å². The summed E-state index contributed by atoms with van der Waals surface area (Å²) in [4.78, 5) is 0. The Hall–Kier alpha value is 1.74. The molecule has 0 aliphatic rings. The summed E-state index contributed by atoms with van der Waals surface area (Å²) in [5.41, 5.74) is 0. The van der Waals surface area contributed by atoms with Gasteiger partial charge in [-0.1, -0.05) is 18.2 Å². The van der Waals surface area contributed by atoms with Crippen molar-refractivity contribution in [2.24, 2.45) is 0 Å². The number of hydrogen-bond acceptors (Lipinski definition) is 1. The molecule has 0 heterocycles. The first-order valence-corrected chi connectivity index (χ1v) is 15.7. The van der Waals surface area contributed by atoms with Crippen molar-refractivity contribution in [1.82, 2.24) is 0 Å². The van der Waals surface area contributed by atoms with Crippen LogP contribution in [0.25, 0.3) is 0 Å². The molecule has 0 atom stereocenters. The van der Waals surface area contributed by atoms with Crippen molar-refractivity contribution in [2.45, 2.75) is 0 Å². The van der Waals surface area contributed by atoms with Crippen LogP contribution < -0.4 is 4.74 Å². The summed E-state index contributed by atoms with van der Waals surface area (Å²) >= 11 is 7.37. The molecule has 0 aromatic heterocycles. The van der Waals surface area contributed by atoms with E-state index in [-0.39, 0.29) is 4.30 Å². The van der Waals surface area contributed by atoms with Gasteiger partial charge in [0.2, 0.25) is 0 Å². The molecule has 0 saturated carbocycles. The van der Waals surface area contributed by atoms with Crippen molar-refractivity contribution in [1.29, 1.82) is 0 Å². The maximum absolute atomic E-state index is 4.91. The molecule has 1 rings (SSSR count). The lowest BCUT2D eigenvalue weighted by molar-refractivity contribution is 0.415. The SMILES string of the molecule is COc1ccccc1.[I][Al]([I])[I]. The third-order valence-electron chi connectivity index (χ3n) is 0.979. The van der Waals surface area contributed by atoms with Crippen LogP contribution in [0.5, 0.6) is 5.75 Å². The summed E-state index contributed by atoms with van der Waals surface area (Å²) in [6, 6.07) is 9.68. The van der Waals surface area contributed by atoms with Gasteiger partial charge in [0.25, 0.3) is 0 Å². The molecule has 0 aliphatic carbocycles. The highest BCUT2D eigenvalue weighted by atomic mass is 127. The van der Waals surface area contributed by atoms with E-state index in [0.29, 0.717) is 0 Å². The van der Waals surface area contributed by atoms with Crippen LogP contribution in [0.1, 0.15) is 0 Å². The molecule has 0 spiro atoms. The average molecular weight is 516 g/mol. The Morgan fingerprint density at radius 3 is 1.75 bits per heavy atom. The Kier molecular flexibility index (Phi) is 10.7. The van der Waals surface area contributed by atoms with Gasteiger partial charge in [-0.05, 0) is 12.1 Å². The van der Waals surface area contributed by atoms with Gasteiger partial charge in [-0.3, -0.25) is 0 Å². The lowest BCUT2D eigenvalue weighted by atomic mass is 10.3. The standard InChI is InChI=1S/C7H8O.Al.3HI/c1-8-7-5-3-2-4-6-7;;;;/h2-6H,1H3;;3*1H/q;+3;;;/p-3. The molecule has 0 aliphatic heterocycles. The maximum Gasteiger partial charge on any atom is 0.524 e. The molecule has 1 aromatic rings. The summed E-state index contributed by atoms with van der Waals surface area (Å²) in [6.07, 6.45) is 0. The second-order valence-corrected chi connectivity index (χ2v) is 34.9. The van der Waals surface area contributed by atoms with Crippen LogP contribution in [0.15, 0.2) is 30.3 Å². The van der Waals surface area contributed by atoms with E-state index in [9.17, 15) is 0 Å². The molecular weight excluding hydrogens is 508 g/mol. The molecule has 5 heteroatoms. The Morgan fingerprint density at radius 2 is 1.50 bits per heavy atom. The van der Waals surface area contributed by atoms with Crippen LogP contribution in [-0.4, -0.2) is 11.4 Å². The van der Waals surface area contributed by atoms with Gasteiger partial charge >= 0.3 is 4.30 Å². The van der Waals surface area contributed by atoms with Crippen molar-refractivity contribution >= 4 is 65.1 Å². The van der Waals surface area contributed by atoms with E-state index in [2.05, 4.69) is 60.8 Å². The van der Waals surface area contributed by atoms with E-state index in [0.717, 1.165) is 5.75 Å². The monoisotopic (exact) mass is 516 g/mol. The summed E-state index contributed by atoms with van der Waals surface area (Å²) in [7, 11) is 1.66. The Balaban J connectivity index is 0.000000261. The number of rotatable bonds is 1. The van der Waals surface area contributed by atoms with Crippen molar-refractivity contribution in [3.63, 3.8) is 0 Å². The first-order chi connectivity index (χ1) is 5.66. The molecule has 0 amide bonds. The van der Waals surface area contributed by atoms with Crippen molar-refractivity contribution in [3.8, 4) is 5.75 Å². The van der Waals surface area contributed by atoms with Gasteiger partial charge < -0.3 is 4.74 Å². The highest BCUT2D eigenvalue weighted by molar-refractivity contribution is 14.4. The van der Waals surface area contributed by atoms with Gasteiger partial charge in [0.05, 0.1) is 7.11 Å². The third kappa shape index (κ3) is 9.83. The smallest absolute Gasteiger partial charge is 0.497 e. The molecule has 0 N–H and O–H groups in total. The lowest BCUT2D eigenvalue weighted by Gasteiger charge is -1.93. The van der Waals surface area contributed by atoms with Crippen molar-refractivity contribution in [3.05, 3.63) is 30.3 Å². The van der Waals surface area contributed by atoms with Crippen LogP contribution in [0.4, 0.5) is 0 Å². The molecule has 1 aromatic carbocycles. The predicted octanol–water partition coefficient (Wildman–Crippen LogP) is 3.97. The van der Waals surface area contributed by atoms with E-state index in [1.165, 1.54) is 0 Å². The first kappa shape index (κ1) is 13.7. The van der Waals surface area contributed by atoms with Crippen LogP contribution in [-0.2, 0) is 0 Å². The molecule has 0 unspecified atom stereocenters. The van der Waals surface area contributed by atoms with Crippen LogP contribution in [0.3, 0.4) is 0 Å². The Bertz CT molecular complexity index is 190. The highest BCUT2D eigenvalue weighted by Crippen LogP contribution is 2.10. The number of para-hydroxylation sites is 1. The largest absolute Gasteiger partial charge is 0.524 e. The summed E-state index contributed by atoms with van der Waals surface area (Å²) in [5, 5.41) is 0. The number of ether oxygens (including phenoxy) is 1. The maximum atomic E-state index is 4.91. The second kappa shape index (κ2) is 9.30. The minimum atomic E-state index is -0.229. The minimum absolute atomic E-state index is 0.229. The van der Waals surface area contributed by atoms with Gasteiger partial charge in [-0.25, -0.2) is 0 Å². The summed E-state index contributed by atoms with van der Waals surface area (Å²) in [5.74, 6) is 0.910. The third-order valence-corrected chi connectivity index (χ3v) is 0.979. The van der Waals surface area contributed by atoms with Gasteiger partial charge in [-0.2, -0.15) is 60.8 Å². The molecule has 0 radical (unpaired) electrons. The zero-order valence-electron chi connectivity index (χ0n) is 6.51. The van der Waals surface area contributed by atoms with Crippen molar-refractivity contribution < 1.29 is 4.74 Å². The normalized spacial score (nSPS) is 8.00. The van der Waals surface area contributed by atoms with E-state index >= 15 is 0 Å². The predicted molar refractivity (Wildman–Crippen MR) is 80.8 cm³/mol. The number of hydrogen-bond donors (Lipinski definition) is 0. The fraction of sp³-hybridized carbons (Fsp3) is 0.143. The number of methoxy groups -OCH3 is 1.